The Balaban J connectivity index is 1.94. The average Bonchev–Trinajstić information content (AvgIpc) is 2.64. The zero-order valence-corrected chi connectivity index (χ0v) is 14.6. The Morgan fingerprint density at radius 1 is 1.15 bits per heavy atom. The third kappa shape index (κ3) is 1.94. The zero-order chi connectivity index (χ0) is 17.8. The SMILES string of the molecule is Cc1c2c(cc3ccccc13)Oc1cc(CC#N)cc3nc[n+](C)c-2c13. The van der Waals surface area contributed by atoms with E-state index >= 15 is 0 Å². The molecule has 0 radical (unpaired) electrons. The molecular formula is C22H16N3O+. The van der Waals surface area contributed by atoms with Gasteiger partial charge in [-0.25, -0.2) is 4.57 Å². The van der Waals surface area contributed by atoms with Gasteiger partial charge in [0.25, 0.3) is 6.33 Å². The molecule has 5 rings (SSSR count). The molecule has 4 nitrogen and oxygen atoms in total. The lowest BCUT2D eigenvalue weighted by Gasteiger charge is -2.22. The first-order valence-electron chi connectivity index (χ1n) is 8.56. The van der Waals surface area contributed by atoms with Gasteiger partial charge in [0.1, 0.15) is 16.9 Å². The zero-order valence-electron chi connectivity index (χ0n) is 14.6. The van der Waals surface area contributed by atoms with Crippen LogP contribution in [0.2, 0.25) is 0 Å². The Kier molecular flexibility index (Phi) is 3.01. The lowest BCUT2D eigenvalue weighted by Crippen LogP contribution is -2.32. The molecule has 0 saturated carbocycles. The van der Waals surface area contributed by atoms with Crippen LogP contribution in [-0.2, 0) is 13.5 Å². The molecule has 0 saturated heterocycles. The summed E-state index contributed by atoms with van der Waals surface area (Å²) in [5.41, 5.74) is 5.20. The molecule has 2 heterocycles. The van der Waals surface area contributed by atoms with Gasteiger partial charge in [-0.2, -0.15) is 5.26 Å². The smallest absolute Gasteiger partial charge is 0.287 e. The van der Waals surface area contributed by atoms with Crippen LogP contribution >= 0.6 is 0 Å². The Hall–Kier alpha value is -3.45. The van der Waals surface area contributed by atoms with Gasteiger partial charge in [0.15, 0.2) is 11.2 Å². The number of aryl methyl sites for hydroxylation is 2. The summed E-state index contributed by atoms with van der Waals surface area (Å²) in [5.74, 6) is 1.62. The third-order valence-corrected chi connectivity index (χ3v) is 5.11. The molecule has 0 aliphatic carbocycles. The predicted octanol–water partition coefficient (Wildman–Crippen LogP) is 4.36. The quantitative estimate of drug-likeness (QED) is 0.427. The summed E-state index contributed by atoms with van der Waals surface area (Å²) in [4.78, 5) is 4.57. The molecule has 0 unspecified atom stereocenters. The van der Waals surface area contributed by atoms with Gasteiger partial charge in [-0.15, -0.1) is 0 Å². The van der Waals surface area contributed by atoms with Crippen molar-refractivity contribution in [2.75, 3.05) is 0 Å². The maximum atomic E-state index is 9.07. The number of nitrogens with zero attached hydrogens (tertiary/aromatic N) is 3. The highest BCUT2D eigenvalue weighted by molar-refractivity contribution is 6.04. The van der Waals surface area contributed by atoms with Gasteiger partial charge in [-0.1, -0.05) is 24.3 Å². The van der Waals surface area contributed by atoms with E-state index in [0.29, 0.717) is 6.42 Å². The van der Waals surface area contributed by atoms with Crippen LogP contribution in [0.1, 0.15) is 11.1 Å². The molecule has 0 amide bonds. The number of ether oxygens (including phenoxy) is 1. The van der Waals surface area contributed by atoms with Gasteiger partial charge in [-0.3, -0.25) is 0 Å². The fourth-order valence-electron chi connectivity index (χ4n) is 3.94. The number of nitriles is 1. The van der Waals surface area contributed by atoms with E-state index in [1.165, 1.54) is 10.9 Å². The number of benzene rings is 3. The van der Waals surface area contributed by atoms with Crippen LogP contribution < -0.4 is 9.30 Å². The third-order valence-electron chi connectivity index (χ3n) is 5.11. The minimum atomic E-state index is 0.341. The Bertz CT molecular complexity index is 1270. The molecule has 1 aromatic heterocycles. The van der Waals surface area contributed by atoms with Crippen molar-refractivity contribution in [3.8, 4) is 28.8 Å². The number of aromatic nitrogens is 2. The normalized spacial score (nSPS) is 11.9. The Morgan fingerprint density at radius 3 is 2.85 bits per heavy atom. The molecule has 4 heteroatoms. The summed E-state index contributed by atoms with van der Waals surface area (Å²) in [6.07, 6.45) is 2.18. The van der Waals surface area contributed by atoms with E-state index < -0.39 is 0 Å². The van der Waals surface area contributed by atoms with Crippen molar-refractivity contribution < 1.29 is 9.30 Å². The van der Waals surface area contributed by atoms with Gasteiger partial charge in [0.05, 0.1) is 25.1 Å². The van der Waals surface area contributed by atoms with Crippen molar-refractivity contribution in [1.82, 2.24) is 4.98 Å². The van der Waals surface area contributed by atoms with Gasteiger partial charge in [0.2, 0.25) is 0 Å². The summed E-state index contributed by atoms with van der Waals surface area (Å²) in [5, 5.41) is 12.5. The average molecular weight is 338 g/mol. The molecule has 0 bridgehead atoms. The van der Waals surface area contributed by atoms with Crippen LogP contribution in [0.4, 0.5) is 0 Å². The molecule has 26 heavy (non-hydrogen) atoms. The lowest BCUT2D eigenvalue weighted by atomic mass is 9.92. The topological polar surface area (TPSA) is 49.8 Å². The van der Waals surface area contributed by atoms with E-state index in [9.17, 15) is 0 Å². The molecule has 0 fully saturated rings. The predicted molar refractivity (Wildman–Crippen MR) is 100.0 cm³/mol. The molecule has 0 N–H and O–H groups in total. The fourth-order valence-corrected chi connectivity index (χ4v) is 3.94. The van der Waals surface area contributed by atoms with Crippen LogP contribution in [0.3, 0.4) is 0 Å². The van der Waals surface area contributed by atoms with Crippen LogP contribution in [-0.4, -0.2) is 4.98 Å². The second kappa shape index (κ2) is 5.27. The highest BCUT2D eigenvalue weighted by Gasteiger charge is 2.29. The number of hydrogen-bond acceptors (Lipinski definition) is 3. The molecule has 0 spiro atoms. The molecule has 124 valence electrons. The lowest BCUT2D eigenvalue weighted by molar-refractivity contribution is -0.662. The van der Waals surface area contributed by atoms with Crippen molar-refractivity contribution in [3.63, 3.8) is 0 Å². The molecule has 1 aliphatic rings. The fraction of sp³-hybridized carbons (Fsp3) is 0.136. The monoisotopic (exact) mass is 338 g/mol. The molecule has 0 atom stereocenters. The standard InChI is InChI=1S/C22H16N3O/c1-13-16-6-4-3-5-15(16)11-19-20(13)22-21-17(24-12-25(22)2)9-14(7-8-23)10-18(21)26-19/h3-6,9-12H,7H2,1-2H3/q+1. The summed E-state index contributed by atoms with van der Waals surface area (Å²) in [7, 11) is 2.01. The van der Waals surface area contributed by atoms with Crippen molar-refractivity contribution >= 4 is 21.7 Å². The first kappa shape index (κ1) is 14.9. The Labute approximate surface area is 150 Å². The summed E-state index contributed by atoms with van der Waals surface area (Å²) in [6, 6.07) is 16.6. The van der Waals surface area contributed by atoms with Crippen molar-refractivity contribution in [2.24, 2.45) is 7.05 Å². The molecule has 4 aromatic rings. The van der Waals surface area contributed by atoms with E-state index in [1.54, 1.807) is 0 Å². The van der Waals surface area contributed by atoms with Gasteiger partial charge in [0, 0.05) is 0 Å². The maximum absolute atomic E-state index is 9.07. The van der Waals surface area contributed by atoms with E-state index in [1.807, 2.05) is 31.6 Å². The minimum absolute atomic E-state index is 0.341. The summed E-state index contributed by atoms with van der Waals surface area (Å²) >= 11 is 0. The second-order valence-corrected chi connectivity index (χ2v) is 6.72. The van der Waals surface area contributed by atoms with E-state index in [0.717, 1.165) is 44.6 Å². The number of rotatable bonds is 1. The van der Waals surface area contributed by atoms with Gasteiger partial charge in [-0.05, 0) is 52.0 Å². The molecular weight excluding hydrogens is 322 g/mol. The first-order chi connectivity index (χ1) is 12.7. The van der Waals surface area contributed by atoms with Crippen molar-refractivity contribution in [1.29, 1.82) is 5.26 Å². The molecule has 3 aromatic carbocycles. The minimum Gasteiger partial charge on any atom is -0.456 e. The Morgan fingerprint density at radius 2 is 2.00 bits per heavy atom. The van der Waals surface area contributed by atoms with Gasteiger partial charge >= 0.3 is 0 Å². The largest absolute Gasteiger partial charge is 0.456 e. The highest BCUT2D eigenvalue weighted by Crippen LogP contribution is 2.48. The summed E-state index contributed by atoms with van der Waals surface area (Å²) < 4.78 is 8.37. The number of fused-ring (bicyclic) bond motifs is 3. The van der Waals surface area contributed by atoms with Crippen LogP contribution in [0.5, 0.6) is 11.5 Å². The van der Waals surface area contributed by atoms with E-state index in [-0.39, 0.29) is 0 Å². The second-order valence-electron chi connectivity index (χ2n) is 6.72. The van der Waals surface area contributed by atoms with Crippen LogP contribution in [0.15, 0.2) is 48.8 Å². The van der Waals surface area contributed by atoms with Crippen LogP contribution in [0, 0.1) is 18.3 Å². The van der Waals surface area contributed by atoms with Gasteiger partial charge < -0.3 is 4.74 Å². The van der Waals surface area contributed by atoms with Crippen molar-refractivity contribution in [3.05, 3.63) is 59.9 Å². The van der Waals surface area contributed by atoms with E-state index in [4.69, 9.17) is 10.00 Å². The van der Waals surface area contributed by atoms with Crippen molar-refractivity contribution in [2.45, 2.75) is 13.3 Å². The highest BCUT2D eigenvalue weighted by atomic mass is 16.5. The maximum Gasteiger partial charge on any atom is 0.287 e. The first-order valence-corrected chi connectivity index (χ1v) is 8.56. The van der Waals surface area contributed by atoms with Crippen LogP contribution in [0.25, 0.3) is 32.9 Å². The van der Waals surface area contributed by atoms with E-state index in [2.05, 4.69) is 46.8 Å². The summed E-state index contributed by atoms with van der Waals surface area (Å²) in [6.45, 7) is 2.14. The molecule has 1 aliphatic heterocycles. The number of hydrogen-bond donors (Lipinski definition) is 0.